The van der Waals surface area contributed by atoms with E-state index < -0.39 is 34.0 Å². The van der Waals surface area contributed by atoms with Crippen molar-refractivity contribution in [3.63, 3.8) is 0 Å². The molecule has 5 nitrogen and oxygen atoms in total. The van der Waals surface area contributed by atoms with Crippen LogP contribution in [0.2, 0.25) is 0 Å². The minimum Gasteiger partial charge on any atom is -0.478 e. The fourth-order valence-corrected chi connectivity index (χ4v) is 3.13. The smallest absolute Gasteiger partial charge is 0.332 e. The van der Waals surface area contributed by atoms with E-state index in [1.165, 1.54) is 24.3 Å². The summed E-state index contributed by atoms with van der Waals surface area (Å²) in [5.74, 6) is -3.16. The van der Waals surface area contributed by atoms with E-state index in [0.29, 0.717) is 6.07 Å². The van der Waals surface area contributed by atoms with Gasteiger partial charge < -0.3 is 10.2 Å². The maximum absolute atomic E-state index is 14.3. The van der Waals surface area contributed by atoms with Crippen molar-refractivity contribution in [1.82, 2.24) is 0 Å². The van der Waals surface area contributed by atoms with Gasteiger partial charge in [-0.25, -0.2) is 22.0 Å². The minimum atomic E-state index is -3.47. The molecule has 138 valence electrons. The van der Waals surface area contributed by atoms with Gasteiger partial charge in [-0.1, -0.05) is 12.1 Å². The van der Waals surface area contributed by atoms with Crippen LogP contribution in [0.3, 0.4) is 0 Å². The SMILES string of the molecule is CS(=O)(=O)c1ccc(/C(=C(/CCO)C(=O)O)c2ccc(F)cc2F)cc1. The molecule has 0 fully saturated rings. The molecule has 2 rings (SSSR count). The van der Waals surface area contributed by atoms with Crippen LogP contribution in [0.25, 0.3) is 5.57 Å². The molecule has 0 aliphatic carbocycles. The minimum absolute atomic E-state index is 0.0132. The normalized spacial score (nSPS) is 12.6. The fourth-order valence-electron chi connectivity index (χ4n) is 2.50. The molecule has 0 saturated heterocycles. The first kappa shape index (κ1) is 19.7. The number of hydrogen-bond acceptors (Lipinski definition) is 4. The van der Waals surface area contributed by atoms with Crippen LogP contribution in [0.15, 0.2) is 52.9 Å². The summed E-state index contributed by atoms with van der Waals surface area (Å²) in [5, 5.41) is 18.6. The number of carboxylic acid groups (broad SMARTS) is 1. The first-order chi connectivity index (χ1) is 12.1. The summed E-state index contributed by atoms with van der Waals surface area (Å²) < 4.78 is 50.7. The predicted molar refractivity (Wildman–Crippen MR) is 91.3 cm³/mol. The molecule has 0 saturated carbocycles. The Morgan fingerprint density at radius 1 is 1.08 bits per heavy atom. The molecule has 0 bridgehead atoms. The Labute approximate surface area is 149 Å². The van der Waals surface area contributed by atoms with Crippen molar-refractivity contribution in [2.75, 3.05) is 12.9 Å². The zero-order chi connectivity index (χ0) is 19.5. The number of halogens is 2. The van der Waals surface area contributed by atoms with Gasteiger partial charge in [-0.2, -0.15) is 0 Å². The van der Waals surface area contributed by atoms with E-state index in [4.69, 9.17) is 5.11 Å². The van der Waals surface area contributed by atoms with Gasteiger partial charge in [-0.3, -0.25) is 0 Å². The summed E-state index contributed by atoms with van der Waals surface area (Å²) in [4.78, 5) is 11.6. The number of rotatable bonds is 6. The van der Waals surface area contributed by atoms with E-state index >= 15 is 0 Å². The summed E-state index contributed by atoms with van der Waals surface area (Å²) in [6, 6.07) is 7.93. The summed E-state index contributed by atoms with van der Waals surface area (Å²) in [6.07, 6.45) is 0.752. The van der Waals surface area contributed by atoms with Gasteiger partial charge in [-0.05, 0) is 29.8 Å². The molecule has 0 amide bonds. The molecule has 26 heavy (non-hydrogen) atoms. The molecule has 0 atom stereocenters. The standard InChI is InChI=1S/C18H16F2O5S/c1-26(24,25)13-5-2-11(3-6-13)17(15(8-9-21)18(22)23)14-7-4-12(19)10-16(14)20/h2-7,10,21H,8-9H2,1H3,(H,22,23)/b17-15+. The second kappa shape index (κ2) is 7.76. The molecule has 0 spiro atoms. The van der Waals surface area contributed by atoms with Gasteiger partial charge in [0.2, 0.25) is 0 Å². The lowest BCUT2D eigenvalue weighted by Gasteiger charge is -2.14. The van der Waals surface area contributed by atoms with E-state index in [1.54, 1.807) is 0 Å². The van der Waals surface area contributed by atoms with E-state index in [1.807, 2.05) is 0 Å². The van der Waals surface area contributed by atoms with Crippen molar-refractivity contribution in [2.45, 2.75) is 11.3 Å². The van der Waals surface area contributed by atoms with Crippen LogP contribution >= 0.6 is 0 Å². The number of aliphatic hydroxyl groups excluding tert-OH is 1. The number of carboxylic acids is 1. The number of aliphatic carboxylic acids is 1. The lowest BCUT2D eigenvalue weighted by Crippen LogP contribution is -2.09. The van der Waals surface area contributed by atoms with Crippen LogP contribution in [-0.4, -0.2) is 37.5 Å². The second-order valence-electron chi connectivity index (χ2n) is 5.55. The largest absolute Gasteiger partial charge is 0.478 e. The van der Waals surface area contributed by atoms with Gasteiger partial charge in [0.25, 0.3) is 0 Å². The van der Waals surface area contributed by atoms with Gasteiger partial charge in [-0.15, -0.1) is 0 Å². The lowest BCUT2D eigenvalue weighted by atomic mass is 9.91. The molecule has 8 heteroatoms. The van der Waals surface area contributed by atoms with Crippen LogP contribution in [0.5, 0.6) is 0 Å². The number of benzene rings is 2. The van der Waals surface area contributed by atoms with E-state index in [2.05, 4.69) is 0 Å². The van der Waals surface area contributed by atoms with Crippen LogP contribution < -0.4 is 0 Å². The third-order valence-corrected chi connectivity index (χ3v) is 4.82. The zero-order valence-corrected chi connectivity index (χ0v) is 14.6. The number of sulfone groups is 1. The molecule has 0 aromatic heterocycles. The van der Waals surface area contributed by atoms with Crippen molar-refractivity contribution in [2.24, 2.45) is 0 Å². The van der Waals surface area contributed by atoms with Gasteiger partial charge >= 0.3 is 5.97 Å². The second-order valence-corrected chi connectivity index (χ2v) is 7.57. The average molecular weight is 382 g/mol. The molecule has 0 heterocycles. The topological polar surface area (TPSA) is 91.7 Å². The van der Waals surface area contributed by atoms with Crippen molar-refractivity contribution >= 4 is 21.4 Å². The molecule has 2 aromatic carbocycles. The van der Waals surface area contributed by atoms with Gasteiger partial charge in [0.1, 0.15) is 11.6 Å². The molecular formula is C18H16F2O5S. The average Bonchev–Trinajstić information content (AvgIpc) is 2.55. The van der Waals surface area contributed by atoms with Gasteiger partial charge in [0, 0.05) is 42.1 Å². The number of hydrogen-bond donors (Lipinski definition) is 2. The highest BCUT2D eigenvalue weighted by atomic mass is 32.2. The zero-order valence-electron chi connectivity index (χ0n) is 13.7. The summed E-state index contributed by atoms with van der Waals surface area (Å²) >= 11 is 0. The molecule has 0 radical (unpaired) electrons. The van der Waals surface area contributed by atoms with Crippen LogP contribution in [-0.2, 0) is 14.6 Å². The predicted octanol–water partition coefficient (Wildman–Crippen LogP) is 2.64. The molecule has 0 aliphatic heterocycles. The third kappa shape index (κ3) is 4.33. The number of aliphatic hydroxyl groups is 1. The van der Waals surface area contributed by atoms with E-state index in [9.17, 15) is 27.1 Å². The molecule has 0 unspecified atom stereocenters. The third-order valence-electron chi connectivity index (χ3n) is 3.69. The maximum atomic E-state index is 14.3. The Kier molecular flexibility index (Phi) is 5.89. The highest BCUT2D eigenvalue weighted by Crippen LogP contribution is 2.31. The Morgan fingerprint density at radius 2 is 1.69 bits per heavy atom. The van der Waals surface area contributed by atoms with Crippen molar-refractivity contribution in [3.05, 3.63) is 70.8 Å². The Morgan fingerprint density at radius 3 is 2.15 bits per heavy atom. The summed E-state index contributed by atoms with van der Waals surface area (Å²) in [5.41, 5.74) is -0.257. The quantitative estimate of drug-likeness (QED) is 0.750. The van der Waals surface area contributed by atoms with E-state index in [-0.39, 0.29) is 33.6 Å². The fraction of sp³-hybridized carbons (Fsp3) is 0.167. The van der Waals surface area contributed by atoms with Crippen LogP contribution in [0.1, 0.15) is 17.5 Å². The summed E-state index contributed by atoms with van der Waals surface area (Å²) in [6.45, 7) is -0.491. The van der Waals surface area contributed by atoms with Crippen molar-refractivity contribution in [1.29, 1.82) is 0 Å². The van der Waals surface area contributed by atoms with Crippen molar-refractivity contribution < 1.29 is 32.2 Å². The van der Waals surface area contributed by atoms with Crippen LogP contribution in [0, 0.1) is 11.6 Å². The Hall–Kier alpha value is -2.58. The number of carbonyl (C=O) groups is 1. The Bertz CT molecular complexity index is 964. The maximum Gasteiger partial charge on any atom is 0.332 e. The van der Waals surface area contributed by atoms with E-state index in [0.717, 1.165) is 18.4 Å². The summed E-state index contributed by atoms with van der Waals surface area (Å²) in [7, 11) is -3.47. The molecule has 2 N–H and O–H groups in total. The van der Waals surface area contributed by atoms with Gasteiger partial charge in [0.05, 0.1) is 4.90 Å². The molecule has 0 aliphatic rings. The molecular weight excluding hydrogens is 366 g/mol. The first-order valence-electron chi connectivity index (χ1n) is 7.48. The first-order valence-corrected chi connectivity index (χ1v) is 9.37. The van der Waals surface area contributed by atoms with Crippen molar-refractivity contribution in [3.8, 4) is 0 Å². The highest BCUT2D eigenvalue weighted by molar-refractivity contribution is 7.90. The lowest BCUT2D eigenvalue weighted by molar-refractivity contribution is -0.132. The Balaban J connectivity index is 2.76. The highest BCUT2D eigenvalue weighted by Gasteiger charge is 2.21. The van der Waals surface area contributed by atoms with Gasteiger partial charge in [0.15, 0.2) is 9.84 Å². The molecule has 2 aromatic rings. The monoisotopic (exact) mass is 382 g/mol. The van der Waals surface area contributed by atoms with Crippen LogP contribution in [0.4, 0.5) is 8.78 Å².